The molecule has 5 heteroatoms. The molecule has 2 N–H and O–H groups in total. The van der Waals surface area contributed by atoms with E-state index in [0.29, 0.717) is 11.3 Å². The molecule has 1 unspecified atom stereocenters. The van der Waals surface area contributed by atoms with Gasteiger partial charge in [-0.1, -0.05) is 24.3 Å². The van der Waals surface area contributed by atoms with Gasteiger partial charge in [0, 0.05) is 5.56 Å². The first kappa shape index (κ1) is 18.5. The Balaban J connectivity index is 1.96. The van der Waals surface area contributed by atoms with E-state index in [9.17, 15) is 9.59 Å². The van der Waals surface area contributed by atoms with Gasteiger partial charge >= 0.3 is 0 Å². The summed E-state index contributed by atoms with van der Waals surface area (Å²) in [7, 11) is 0. The van der Waals surface area contributed by atoms with Crippen molar-refractivity contribution < 1.29 is 14.3 Å². The van der Waals surface area contributed by atoms with E-state index in [4.69, 9.17) is 4.74 Å². The fraction of sp³-hybridized carbons (Fsp3) is 0.300. The summed E-state index contributed by atoms with van der Waals surface area (Å²) in [6, 6.07) is 11.2. The fourth-order valence-corrected chi connectivity index (χ4v) is 2.38. The quantitative estimate of drug-likeness (QED) is 0.840. The van der Waals surface area contributed by atoms with Crippen LogP contribution in [0.2, 0.25) is 0 Å². The zero-order valence-electron chi connectivity index (χ0n) is 15.3. The highest BCUT2D eigenvalue weighted by Gasteiger charge is 2.17. The Morgan fingerprint density at radius 2 is 1.48 bits per heavy atom. The van der Waals surface area contributed by atoms with Gasteiger partial charge in [0.1, 0.15) is 5.75 Å². The molecule has 0 saturated carbocycles. The first-order chi connectivity index (χ1) is 11.8. The van der Waals surface area contributed by atoms with Crippen molar-refractivity contribution in [1.29, 1.82) is 0 Å². The van der Waals surface area contributed by atoms with Crippen molar-refractivity contribution in [3.8, 4) is 5.75 Å². The molecule has 132 valence electrons. The molecule has 0 radical (unpaired) electrons. The van der Waals surface area contributed by atoms with Gasteiger partial charge in [-0.05, 0) is 69.0 Å². The Kier molecular flexibility index (Phi) is 5.80. The molecule has 2 rings (SSSR count). The molecule has 0 aliphatic rings. The van der Waals surface area contributed by atoms with Crippen LogP contribution in [0, 0.1) is 27.7 Å². The van der Waals surface area contributed by atoms with Crippen molar-refractivity contribution in [1.82, 2.24) is 10.9 Å². The second-order valence-electron chi connectivity index (χ2n) is 6.15. The molecule has 2 aromatic carbocycles. The van der Waals surface area contributed by atoms with Crippen LogP contribution in [-0.4, -0.2) is 17.9 Å². The molecule has 0 saturated heterocycles. The number of benzene rings is 2. The monoisotopic (exact) mass is 340 g/mol. The van der Waals surface area contributed by atoms with Crippen LogP contribution in [0.5, 0.6) is 5.75 Å². The maximum absolute atomic E-state index is 12.2. The molecule has 25 heavy (non-hydrogen) atoms. The molecule has 0 aliphatic heterocycles. The third-order valence-corrected chi connectivity index (χ3v) is 4.38. The van der Waals surface area contributed by atoms with Gasteiger partial charge in [0.2, 0.25) is 0 Å². The minimum absolute atomic E-state index is 0.353. The third kappa shape index (κ3) is 4.38. The summed E-state index contributed by atoms with van der Waals surface area (Å²) in [5.41, 5.74) is 9.37. The Labute approximate surface area is 148 Å². The van der Waals surface area contributed by atoms with Gasteiger partial charge in [-0.2, -0.15) is 0 Å². The number of carbonyl (C=O) groups is 2. The fourth-order valence-electron chi connectivity index (χ4n) is 2.38. The van der Waals surface area contributed by atoms with Crippen molar-refractivity contribution in [2.24, 2.45) is 0 Å². The average molecular weight is 340 g/mol. The largest absolute Gasteiger partial charge is 0.481 e. The van der Waals surface area contributed by atoms with Crippen LogP contribution in [0.1, 0.15) is 39.5 Å². The third-order valence-electron chi connectivity index (χ3n) is 4.38. The van der Waals surface area contributed by atoms with Gasteiger partial charge in [0.25, 0.3) is 11.8 Å². The van der Waals surface area contributed by atoms with E-state index in [1.807, 2.05) is 58.0 Å². The van der Waals surface area contributed by atoms with Crippen LogP contribution in [-0.2, 0) is 4.79 Å². The van der Waals surface area contributed by atoms with Crippen LogP contribution in [0.15, 0.2) is 36.4 Å². The van der Waals surface area contributed by atoms with Gasteiger partial charge in [-0.25, -0.2) is 0 Å². The van der Waals surface area contributed by atoms with E-state index < -0.39 is 12.0 Å². The lowest BCUT2D eigenvalue weighted by molar-refractivity contribution is -0.128. The van der Waals surface area contributed by atoms with E-state index in [1.54, 1.807) is 13.0 Å². The molecule has 0 bridgehead atoms. The van der Waals surface area contributed by atoms with Gasteiger partial charge in [0.15, 0.2) is 6.10 Å². The Bertz CT molecular complexity index is 800. The zero-order valence-corrected chi connectivity index (χ0v) is 15.3. The van der Waals surface area contributed by atoms with Gasteiger partial charge in [0.05, 0.1) is 0 Å². The molecule has 0 fully saturated rings. The summed E-state index contributed by atoms with van der Waals surface area (Å²) in [6.07, 6.45) is -0.737. The van der Waals surface area contributed by atoms with Crippen molar-refractivity contribution in [2.75, 3.05) is 0 Å². The number of hydrazine groups is 1. The second kappa shape index (κ2) is 7.83. The minimum Gasteiger partial charge on any atom is -0.481 e. The van der Waals surface area contributed by atoms with Crippen LogP contribution < -0.4 is 15.6 Å². The van der Waals surface area contributed by atoms with E-state index in [-0.39, 0.29) is 5.91 Å². The predicted octanol–water partition coefficient (Wildman–Crippen LogP) is 3.15. The number of hydrogen-bond acceptors (Lipinski definition) is 3. The molecule has 0 aromatic heterocycles. The normalized spacial score (nSPS) is 11.6. The van der Waals surface area contributed by atoms with Crippen molar-refractivity contribution in [3.63, 3.8) is 0 Å². The average Bonchev–Trinajstić information content (AvgIpc) is 2.58. The van der Waals surface area contributed by atoms with Crippen molar-refractivity contribution >= 4 is 11.8 Å². The van der Waals surface area contributed by atoms with Gasteiger partial charge in [-0.3, -0.25) is 20.4 Å². The van der Waals surface area contributed by atoms with Crippen molar-refractivity contribution in [2.45, 2.75) is 40.7 Å². The van der Waals surface area contributed by atoms with E-state index in [1.165, 1.54) is 0 Å². The Morgan fingerprint density at radius 3 is 2.16 bits per heavy atom. The number of carbonyl (C=O) groups excluding carboxylic acids is 2. The second-order valence-corrected chi connectivity index (χ2v) is 6.15. The van der Waals surface area contributed by atoms with Crippen LogP contribution in [0.3, 0.4) is 0 Å². The number of aryl methyl sites for hydroxylation is 2. The number of rotatable bonds is 4. The SMILES string of the molecule is Cc1cccc(OC(C)C(=O)NNC(=O)c2cccc(C)c2C)c1C. The lowest BCUT2D eigenvalue weighted by Gasteiger charge is -2.17. The highest BCUT2D eigenvalue weighted by molar-refractivity contribution is 5.97. The molecule has 0 spiro atoms. The Morgan fingerprint density at radius 1 is 0.880 bits per heavy atom. The maximum Gasteiger partial charge on any atom is 0.279 e. The number of nitrogens with one attached hydrogen (secondary N) is 2. The predicted molar refractivity (Wildman–Crippen MR) is 97.5 cm³/mol. The van der Waals surface area contributed by atoms with E-state index in [0.717, 1.165) is 22.3 Å². The van der Waals surface area contributed by atoms with Crippen LogP contribution in [0.4, 0.5) is 0 Å². The highest BCUT2D eigenvalue weighted by atomic mass is 16.5. The smallest absolute Gasteiger partial charge is 0.279 e. The standard InChI is InChI=1S/C20H24N2O3/c1-12-8-6-10-17(14(12)3)20(24)22-21-19(23)16(5)25-18-11-7-9-13(2)15(18)4/h6-11,16H,1-5H3,(H,21,23)(H,22,24). The number of amides is 2. The topological polar surface area (TPSA) is 67.4 Å². The van der Waals surface area contributed by atoms with Crippen molar-refractivity contribution in [3.05, 3.63) is 64.2 Å². The zero-order chi connectivity index (χ0) is 18.6. The van der Waals surface area contributed by atoms with E-state index in [2.05, 4.69) is 10.9 Å². The Hall–Kier alpha value is -2.82. The number of ether oxygens (including phenoxy) is 1. The molecule has 0 heterocycles. The summed E-state index contributed by atoms with van der Waals surface area (Å²) in [6.45, 7) is 9.37. The molecule has 1 atom stereocenters. The lowest BCUT2D eigenvalue weighted by atomic mass is 10.0. The molecular formula is C20H24N2O3. The summed E-state index contributed by atoms with van der Waals surface area (Å²) in [5, 5.41) is 0. The van der Waals surface area contributed by atoms with Gasteiger partial charge in [-0.15, -0.1) is 0 Å². The number of hydrogen-bond donors (Lipinski definition) is 2. The van der Waals surface area contributed by atoms with Gasteiger partial charge < -0.3 is 4.74 Å². The molecular weight excluding hydrogens is 316 g/mol. The first-order valence-electron chi connectivity index (χ1n) is 8.20. The summed E-state index contributed by atoms with van der Waals surface area (Å²) in [5.74, 6) is -0.114. The lowest BCUT2D eigenvalue weighted by Crippen LogP contribution is -2.47. The summed E-state index contributed by atoms with van der Waals surface area (Å²) < 4.78 is 5.71. The van der Waals surface area contributed by atoms with Crippen LogP contribution in [0.25, 0.3) is 0 Å². The first-order valence-corrected chi connectivity index (χ1v) is 8.20. The minimum atomic E-state index is -0.737. The summed E-state index contributed by atoms with van der Waals surface area (Å²) in [4.78, 5) is 24.4. The molecule has 5 nitrogen and oxygen atoms in total. The molecule has 2 aromatic rings. The highest BCUT2D eigenvalue weighted by Crippen LogP contribution is 2.21. The molecule has 2 amide bonds. The maximum atomic E-state index is 12.2. The van der Waals surface area contributed by atoms with E-state index >= 15 is 0 Å². The van der Waals surface area contributed by atoms with Crippen LogP contribution >= 0.6 is 0 Å². The molecule has 0 aliphatic carbocycles. The summed E-state index contributed by atoms with van der Waals surface area (Å²) >= 11 is 0.